The molecule has 1 aromatic heterocycles. The van der Waals surface area contributed by atoms with Crippen LogP contribution in [0.3, 0.4) is 0 Å². The van der Waals surface area contributed by atoms with E-state index in [0.29, 0.717) is 37.1 Å². The van der Waals surface area contributed by atoms with Crippen molar-refractivity contribution in [2.75, 3.05) is 63.7 Å². The van der Waals surface area contributed by atoms with Crippen LogP contribution < -0.4 is 5.32 Å². The number of amides is 3. The molecule has 0 aromatic carbocycles. The number of ether oxygens (including phenoxy) is 1. The minimum atomic E-state index is -3.46. The Hall–Kier alpha value is -1.97. The van der Waals surface area contributed by atoms with Crippen molar-refractivity contribution in [3.05, 3.63) is 0 Å². The number of thioether (sulfide) groups is 1. The Labute approximate surface area is 183 Å². The lowest BCUT2D eigenvalue weighted by Gasteiger charge is -2.33. The number of carbonyl (C=O) groups is 3. The van der Waals surface area contributed by atoms with Gasteiger partial charge in [-0.25, -0.2) is 13.2 Å². The number of carbonyl (C=O) groups excluding carboxylic acids is 3. The van der Waals surface area contributed by atoms with Gasteiger partial charge in [-0.05, 0) is 6.92 Å². The van der Waals surface area contributed by atoms with Gasteiger partial charge in [0.1, 0.15) is 0 Å². The molecule has 2 rings (SSSR count). The average Bonchev–Trinajstić information content (AvgIpc) is 3.12. The molecule has 0 atom stereocenters. The third kappa shape index (κ3) is 7.37. The Balaban J connectivity index is 1.76. The minimum Gasteiger partial charge on any atom is -0.450 e. The van der Waals surface area contributed by atoms with Gasteiger partial charge in [0.25, 0.3) is 0 Å². The molecular formula is C15H24N6O6S3. The van der Waals surface area contributed by atoms with E-state index in [-0.39, 0.29) is 29.4 Å². The predicted molar refractivity (Wildman–Crippen MR) is 112 cm³/mol. The van der Waals surface area contributed by atoms with Gasteiger partial charge >= 0.3 is 6.09 Å². The van der Waals surface area contributed by atoms with Crippen LogP contribution in [0, 0.1) is 0 Å². The van der Waals surface area contributed by atoms with E-state index in [1.807, 2.05) is 0 Å². The van der Waals surface area contributed by atoms with Crippen LogP contribution in [-0.4, -0.2) is 109 Å². The van der Waals surface area contributed by atoms with Crippen molar-refractivity contribution >= 4 is 56.2 Å². The highest BCUT2D eigenvalue weighted by Gasteiger charge is 2.25. The van der Waals surface area contributed by atoms with Gasteiger partial charge in [0, 0.05) is 33.2 Å². The number of hydrogen-bond acceptors (Lipinski definition) is 10. The fourth-order valence-electron chi connectivity index (χ4n) is 2.36. The highest BCUT2D eigenvalue weighted by atomic mass is 32.2. The topological polar surface area (TPSA) is 142 Å². The van der Waals surface area contributed by atoms with Gasteiger partial charge in [-0.1, -0.05) is 23.1 Å². The highest BCUT2D eigenvalue weighted by molar-refractivity contribution is 8.01. The van der Waals surface area contributed by atoms with E-state index in [0.717, 1.165) is 21.9 Å². The summed E-state index contributed by atoms with van der Waals surface area (Å²) < 4.78 is 29.0. The molecule has 168 valence electrons. The zero-order valence-electron chi connectivity index (χ0n) is 16.9. The Morgan fingerprint density at radius 2 is 1.83 bits per heavy atom. The zero-order chi connectivity index (χ0) is 22.3. The molecule has 12 nitrogen and oxygen atoms in total. The first-order valence-corrected chi connectivity index (χ1v) is 12.6. The molecule has 0 saturated carbocycles. The first-order chi connectivity index (χ1) is 14.1. The van der Waals surface area contributed by atoms with Gasteiger partial charge in [0.15, 0.2) is 4.34 Å². The number of sulfonamides is 1. The van der Waals surface area contributed by atoms with E-state index in [1.165, 1.54) is 18.8 Å². The zero-order valence-corrected chi connectivity index (χ0v) is 19.3. The largest absolute Gasteiger partial charge is 0.450 e. The van der Waals surface area contributed by atoms with E-state index in [1.54, 1.807) is 16.7 Å². The Morgan fingerprint density at radius 3 is 2.43 bits per heavy atom. The maximum Gasteiger partial charge on any atom is 0.409 e. The predicted octanol–water partition coefficient (Wildman–Crippen LogP) is -0.239. The lowest BCUT2D eigenvalue weighted by atomic mass is 10.3. The Morgan fingerprint density at radius 1 is 1.20 bits per heavy atom. The quantitative estimate of drug-likeness (QED) is 0.394. The monoisotopic (exact) mass is 480 g/mol. The molecule has 15 heteroatoms. The van der Waals surface area contributed by atoms with Crippen molar-refractivity contribution in [2.45, 2.75) is 11.3 Å². The summed E-state index contributed by atoms with van der Waals surface area (Å²) in [7, 11) is -2.16. The molecule has 1 saturated heterocycles. The molecule has 30 heavy (non-hydrogen) atoms. The maximum absolute atomic E-state index is 12.4. The van der Waals surface area contributed by atoms with Crippen LogP contribution in [0.1, 0.15) is 6.92 Å². The second-order valence-electron chi connectivity index (χ2n) is 6.30. The van der Waals surface area contributed by atoms with Crippen molar-refractivity contribution in [3.63, 3.8) is 0 Å². The Kier molecular flexibility index (Phi) is 8.81. The molecule has 0 aliphatic carbocycles. The molecule has 0 bridgehead atoms. The van der Waals surface area contributed by atoms with E-state index in [2.05, 4.69) is 15.5 Å². The first-order valence-electron chi connectivity index (χ1n) is 8.97. The van der Waals surface area contributed by atoms with Crippen LogP contribution in [0.15, 0.2) is 4.34 Å². The molecule has 2 heterocycles. The number of likely N-dealkylation sites (N-methyl/N-ethyl adjacent to an activating group) is 1. The van der Waals surface area contributed by atoms with E-state index in [4.69, 9.17) is 4.74 Å². The van der Waals surface area contributed by atoms with Crippen molar-refractivity contribution < 1.29 is 27.5 Å². The number of piperazine rings is 1. The second-order valence-corrected chi connectivity index (χ2v) is 10.6. The van der Waals surface area contributed by atoms with Crippen molar-refractivity contribution in [2.24, 2.45) is 0 Å². The van der Waals surface area contributed by atoms with Crippen LogP contribution >= 0.6 is 23.1 Å². The molecular weight excluding hydrogens is 456 g/mol. The molecule has 0 radical (unpaired) electrons. The molecule has 1 fully saturated rings. The van der Waals surface area contributed by atoms with Crippen LogP contribution in [0.25, 0.3) is 0 Å². The number of nitrogens with one attached hydrogen (secondary N) is 1. The third-order valence-corrected chi connectivity index (χ3v) is 7.28. The smallest absolute Gasteiger partial charge is 0.409 e. The minimum absolute atomic E-state index is 0.0842. The fraction of sp³-hybridized carbons (Fsp3) is 0.667. The molecule has 1 N–H and O–H groups in total. The van der Waals surface area contributed by atoms with Crippen molar-refractivity contribution in [3.8, 4) is 0 Å². The summed E-state index contributed by atoms with van der Waals surface area (Å²) in [5, 5.41) is 10.4. The summed E-state index contributed by atoms with van der Waals surface area (Å²) in [4.78, 5) is 39.2. The number of rotatable bonds is 8. The first kappa shape index (κ1) is 24.3. The summed E-state index contributed by atoms with van der Waals surface area (Å²) in [6, 6.07) is 0. The average molecular weight is 481 g/mol. The molecule has 1 aromatic rings. The summed E-state index contributed by atoms with van der Waals surface area (Å²) in [5.41, 5.74) is 0. The standard InChI is InChI=1S/C15H24N6O6S3/c1-4-27-15(24)21-7-5-20(6-8-21)12(23)10-28-14-18-17-13(29-14)16-11(22)9-19(2)30(3,25)26/h4-10H2,1-3H3,(H,16,17,22). The van der Waals surface area contributed by atoms with Crippen molar-refractivity contribution in [1.29, 1.82) is 0 Å². The van der Waals surface area contributed by atoms with E-state index in [9.17, 15) is 22.8 Å². The van der Waals surface area contributed by atoms with Crippen LogP contribution in [0.4, 0.5) is 9.93 Å². The Bertz CT molecular complexity index is 868. The molecule has 0 unspecified atom stereocenters. The van der Waals surface area contributed by atoms with Gasteiger partial charge in [-0.3, -0.25) is 14.9 Å². The molecule has 1 aliphatic heterocycles. The maximum atomic E-state index is 12.4. The number of hydrogen-bond donors (Lipinski definition) is 1. The van der Waals surface area contributed by atoms with Gasteiger partial charge in [0.2, 0.25) is 27.0 Å². The summed E-state index contributed by atoms with van der Waals surface area (Å²) in [5.74, 6) is -0.469. The van der Waals surface area contributed by atoms with Gasteiger partial charge in [-0.2, -0.15) is 4.31 Å². The van der Waals surface area contributed by atoms with Crippen LogP contribution in [-0.2, 0) is 24.3 Å². The number of anilines is 1. The lowest BCUT2D eigenvalue weighted by Crippen LogP contribution is -2.51. The van der Waals surface area contributed by atoms with Crippen LogP contribution in [0.2, 0.25) is 0 Å². The van der Waals surface area contributed by atoms with Gasteiger partial charge < -0.3 is 14.5 Å². The third-order valence-electron chi connectivity index (χ3n) is 4.06. The normalized spacial score (nSPS) is 14.7. The number of aromatic nitrogens is 2. The highest BCUT2D eigenvalue weighted by Crippen LogP contribution is 2.25. The summed E-state index contributed by atoms with van der Waals surface area (Å²) >= 11 is 2.29. The molecule has 1 aliphatic rings. The SMILES string of the molecule is CCOC(=O)N1CCN(C(=O)CSc2nnc(NC(=O)CN(C)S(C)(=O)=O)s2)CC1. The van der Waals surface area contributed by atoms with Crippen molar-refractivity contribution in [1.82, 2.24) is 24.3 Å². The molecule has 3 amide bonds. The van der Waals surface area contributed by atoms with Crippen LogP contribution in [0.5, 0.6) is 0 Å². The summed E-state index contributed by atoms with van der Waals surface area (Å²) in [6.45, 7) is 3.43. The molecule has 0 spiro atoms. The van der Waals surface area contributed by atoms with Gasteiger partial charge in [-0.15, -0.1) is 10.2 Å². The second kappa shape index (κ2) is 10.9. The summed E-state index contributed by atoms with van der Waals surface area (Å²) in [6.07, 6.45) is 0.637. The fourth-order valence-corrected chi connectivity index (χ4v) is 4.39. The van der Waals surface area contributed by atoms with E-state index < -0.39 is 15.9 Å². The number of nitrogens with zero attached hydrogens (tertiary/aromatic N) is 5. The van der Waals surface area contributed by atoms with Gasteiger partial charge in [0.05, 0.1) is 25.2 Å². The van der Waals surface area contributed by atoms with E-state index >= 15 is 0 Å². The lowest BCUT2D eigenvalue weighted by molar-refractivity contribution is -0.129.